The predicted octanol–water partition coefficient (Wildman–Crippen LogP) is 16.4. The van der Waals surface area contributed by atoms with Crippen molar-refractivity contribution in [1.82, 2.24) is 0 Å². The summed E-state index contributed by atoms with van der Waals surface area (Å²) in [5, 5.41) is 134. The second kappa shape index (κ2) is 28.5. The number of anilines is 1. The van der Waals surface area contributed by atoms with Crippen molar-refractivity contribution in [2.75, 3.05) is 5.73 Å². The average molecular weight is 1370 g/mol. The van der Waals surface area contributed by atoms with Crippen molar-refractivity contribution in [3.63, 3.8) is 0 Å². The van der Waals surface area contributed by atoms with E-state index in [2.05, 4.69) is 79.1 Å². The number of phenols is 3. The molecule has 10 rings (SSSR count). The van der Waals surface area contributed by atoms with Gasteiger partial charge in [-0.15, -0.1) is 57.5 Å². The van der Waals surface area contributed by atoms with Crippen molar-refractivity contribution in [2.24, 2.45) is 40.9 Å². The summed E-state index contributed by atoms with van der Waals surface area (Å²) >= 11 is 2.32. The van der Waals surface area contributed by atoms with Crippen molar-refractivity contribution in [1.29, 1.82) is 0 Å². The summed E-state index contributed by atoms with van der Waals surface area (Å²) in [5.41, 5.74) is 4.11. The highest BCUT2D eigenvalue weighted by Gasteiger charge is 2.28. The first-order valence-electron chi connectivity index (χ1n) is 24.0. The minimum absolute atomic E-state index is 0.0318. The number of azo groups is 4. The first-order chi connectivity index (χ1) is 43.4. The van der Waals surface area contributed by atoms with Crippen molar-refractivity contribution < 1.29 is 114 Å². The van der Waals surface area contributed by atoms with Gasteiger partial charge in [-0.25, -0.2) is 26.3 Å². The summed E-state index contributed by atoms with van der Waals surface area (Å²) in [7, 11) is -10.5. The molecule has 0 radical (unpaired) electrons. The fraction of sp³-hybridized carbons (Fsp3) is 0. The molecule has 10 aromatic carbocycles. The highest BCUT2D eigenvalue weighted by atomic mass is 32.2. The van der Waals surface area contributed by atoms with Crippen LogP contribution in [0, 0.1) is 0 Å². The molecular formula is C50H33N9O24S7. The van der Waals surface area contributed by atoms with Gasteiger partial charge in [0.25, 0.3) is 20.2 Å². The fourth-order valence-corrected chi connectivity index (χ4v) is 12.6. The van der Waals surface area contributed by atoms with Gasteiger partial charge in [0.05, 0.1) is 103 Å². The SMILES string of the molecule is Nc1c(N=Nc2ccc3c(O)c(N=Nc4ccc(SOOO)c5ccccc45)c(SOOO)cc3c2SOOO)c(SOOO)cc2cc(S(=O)(=O)O)c(N=Nc3ccc4c(O)c(N=Nc5cccc6ccc(SOOO)cc56)c(S(=O)(=O)O)cc4c3)c(O)c12. The molecule has 0 spiro atoms. The molecule has 0 aliphatic carbocycles. The molecule has 0 fully saturated rings. The van der Waals surface area contributed by atoms with E-state index in [0.717, 1.165) is 24.3 Å². The Kier molecular flexibility index (Phi) is 20.6. The topological polar surface area (TPSA) is 488 Å². The van der Waals surface area contributed by atoms with Crippen molar-refractivity contribution in [3.05, 3.63) is 127 Å². The first-order valence-corrected chi connectivity index (χ1v) is 30.6. The zero-order chi connectivity index (χ0) is 63.9. The van der Waals surface area contributed by atoms with Gasteiger partial charge in [-0.1, -0.05) is 67.7 Å². The van der Waals surface area contributed by atoms with Crippen LogP contribution >= 0.6 is 60.2 Å². The molecule has 90 heavy (non-hydrogen) atoms. The van der Waals surface area contributed by atoms with Crippen molar-refractivity contribution in [2.45, 2.75) is 34.3 Å². The third-order valence-corrected chi connectivity index (χ3v) is 17.5. The van der Waals surface area contributed by atoms with E-state index in [9.17, 15) is 46.5 Å². The summed E-state index contributed by atoms with van der Waals surface area (Å²) in [6, 6.07) is 30.4. The van der Waals surface area contributed by atoms with E-state index >= 15 is 0 Å². The molecule has 33 nitrogen and oxygen atoms in total. The van der Waals surface area contributed by atoms with Gasteiger partial charge < -0.3 is 21.1 Å². The van der Waals surface area contributed by atoms with Crippen LogP contribution in [0.4, 0.5) is 51.2 Å². The Morgan fingerprint density at radius 1 is 0.378 bits per heavy atom. The van der Waals surface area contributed by atoms with E-state index in [1.807, 2.05) is 0 Å². The Hall–Kier alpha value is -7.93. The number of aromatic hydroxyl groups is 3. The lowest BCUT2D eigenvalue weighted by molar-refractivity contribution is -0.432. The number of hydrogen-bond acceptors (Lipinski definition) is 36. The lowest BCUT2D eigenvalue weighted by Crippen LogP contribution is -2.00. The molecule has 0 saturated carbocycles. The molecule has 12 N–H and O–H groups in total. The Bertz CT molecular complexity index is 4830. The van der Waals surface area contributed by atoms with E-state index in [1.165, 1.54) is 36.4 Å². The predicted molar refractivity (Wildman–Crippen MR) is 319 cm³/mol. The number of hydrogen-bond donors (Lipinski definition) is 11. The van der Waals surface area contributed by atoms with E-state index in [1.54, 1.807) is 66.7 Å². The summed E-state index contributed by atoms with van der Waals surface area (Å²) in [6.07, 6.45) is 0. The summed E-state index contributed by atoms with van der Waals surface area (Å²) < 4.78 is 95.8. The molecule has 0 bridgehead atoms. The Labute approximate surface area is 522 Å². The molecular weight excluding hydrogens is 1340 g/mol. The van der Waals surface area contributed by atoms with Crippen molar-refractivity contribution >= 4 is 185 Å². The van der Waals surface area contributed by atoms with Gasteiger partial charge >= 0.3 is 0 Å². The maximum absolute atomic E-state index is 13.0. The second-order valence-electron chi connectivity index (χ2n) is 17.5. The molecule has 10 aromatic rings. The first kappa shape index (κ1) is 65.0. The molecule has 0 saturated heterocycles. The maximum atomic E-state index is 13.0. The van der Waals surface area contributed by atoms with Crippen LogP contribution in [0.25, 0.3) is 53.9 Å². The summed E-state index contributed by atoms with van der Waals surface area (Å²) in [4.78, 5) is -1.30. The van der Waals surface area contributed by atoms with Gasteiger partial charge in [-0.05, 0) is 106 Å². The van der Waals surface area contributed by atoms with Gasteiger partial charge in [0.15, 0.2) is 17.2 Å². The van der Waals surface area contributed by atoms with Crippen LogP contribution in [0.1, 0.15) is 0 Å². The van der Waals surface area contributed by atoms with Crippen LogP contribution < -0.4 is 5.73 Å². The monoisotopic (exact) mass is 1370 g/mol. The number of nitrogen functional groups attached to an aromatic ring is 1. The lowest BCUT2D eigenvalue weighted by Gasteiger charge is -2.15. The van der Waals surface area contributed by atoms with Crippen LogP contribution in [0.5, 0.6) is 17.2 Å². The van der Waals surface area contributed by atoms with Crippen LogP contribution in [-0.2, 0) is 67.1 Å². The van der Waals surface area contributed by atoms with Gasteiger partial charge in [0.2, 0.25) is 0 Å². The van der Waals surface area contributed by atoms with Gasteiger partial charge in [0.1, 0.15) is 38.2 Å². The molecule has 40 heteroatoms. The van der Waals surface area contributed by atoms with E-state index in [4.69, 9.17) is 35.4 Å². The molecule has 0 amide bonds. The molecule has 0 unspecified atom stereocenters. The zero-order valence-corrected chi connectivity index (χ0v) is 49.5. The molecule has 0 aliphatic rings. The minimum Gasteiger partial charge on any atom is -0.505 e. The Balaban J connectivity index is 1.04. The molecule has 0 atom stereocenters. The largest absolute Gasteiger partial charge is 0.505 e. The highest BCUT2D eigenvalue weighted by Crippen LogP contribution is 2.53. The van der Waals surface area contributed by atoms with Gasteiger partial charge in [0, 0.05) is 36.7 Å². The standard InChI is InChI=1S/C50H33N9O24S7/c51-42-41-24(19-40(90(71,72)73)46(49(41)62)58-52-25-9-11-27-23(16-25)18-39(89(68,69)70)45(47(27)60)59-53-33-7-3-4-22-8-10-26(20-31(22)33)84-79-74-63)17-37(86-81-76-65)43(42)56-55-35-13-12-30-32(50(35)88-83-78-67)21-38(87-82-77-66)44(48(30)61)57-54-34-14-15-36(85-80-75-64)29-6-2-1-5-28(29)34/h1-21,60-67H,51H2,(H,68,69,70)(H,71,72,73). The Morgan fingerprint density at radius 3 is 1.61 bits per heavy atom. The van der Waals surface area contributed by atoms with E-state index in [-0.39, 0.29) is 82.1 Å². The second-order valence-corrected chi connectivity index (χ2v) is 24.0. The highest BCUT2D eigenvalue weighted by molar-refractivity contribution is 7.95. The third kappa shape index (κ3) is 14.0. The molecule has 0 aliphatic heterocycles. The Morgan fingerprint density at radius 2 is 0.922 bits per heavy atom. The van der Waals surface area contributed by atoms with Crippen LogP contribution in [0.15, 0.2) is 203 Å². The number of benzene rings is 10. The minimum atomic E-state index is -5.32. The number of phenolic OH excluding ortho intramolecular Hbond substituents is 3. The summed E-state index contributed by atoms with van der Waals surface area (Å²) in [5.74, 6) is -2.34. The number of rotatable bonds is 25. The smallest absolute Gasteiger partial charge is 0.296 e. The molecule has 0 aromatic heterocycles. The maximum Gasteiger partial charge on any atom is 0.296 e. The quantitative estimate of drug-likeness (QED) is 0.00632. The average Bonchev–Trinajstić information content (AvgIpc) is 0.770. The third-order valence-electron chi connectivity index (χ3n) is 12.6. The van der Waals surface area contributed by atoms with Crippen LogP contribution in [0.3, 0.4) is 0 Å². The van der Waals surface area contributed by atoms with Gasteiger partial charge in [-0.2, -0.15) is 21.9 Å². The molecule has 464 valence electrons. The summed E-state index contributed by atoms with van der Waals surface area (Å²) in [6.45, 7) is 0. The zero-order valence-electron chi connectivity index (χ0n) is 43.8. The number of nitrogens with zero attached hydrogens (tertiary/aromatic N) is 8. The normalized spacial score (nSPS) is 12.6. The van der Waals surface area contributed by atoms with Gasteiger partial charge in [-0.3, -0.25) is 9.11 Å². The van der Waals surface area contributed by atoms with Crippen LogP contribution in [-0.4, -0.2) is 67.5 Å². The lowest BCUT2D eigenvalue weighted by atomic mass is 10.0. The number of fused-ring (bicyclic) bond motifs is 5. The number of nitrogens with two attached hydrogens (primary N) is 1. The van der Waals surface area contributed by atoms with E-state index in [0.29, 0.717) is 85.2 Å². The van der Waals surface area contributed by atoms with Crippen LogP contribution in [0.2, 0.25) is 0 Å². The fourth-order valence-electron chi connectivity index (χ4n) is 8.84. The van der Waals surface area contributed by atoms with Crippen molar-refractivity contribution in [3.8, 4) is 17.2 Å². The van der Waals surface area contributed by atoms with E-state index < -0.39 is 69.7 Å². The molecule has 0 heterocycles.